The van der Waals surface area contributed by atoms with Crippen LogP contribution in [0.3, 0.4) is 0 Å². The minimum Gasteiger partial charge on any atom is -0.310 e. The topological polar surface area (TPSA) is 34.4 Å². The van der Waals surface area contributed by atoms with Gasteiger partial charge in [0.25, 0.3) is 5.91 Å². The summed E-state index contributed by atoms with van der Waals surface area (Å²) in [5, 5.41) is 1.91. The van der Waals surface area contributed by atoms with Crippen LogP contribution < -0.4 is 4.80 Å². The third kappa shape index (κ3) is 3.42. The molecule has 24 heavy (non-hydrogen) atoms. The summed E-state index contributed by atoms with van der Waals surface area (Å²) in [7, 11) is 0. The van der Waals surface area contributed by atoms with Crippen LogP contribution in [0.15, 0.2) is 53.4 Å². The molecule has 0 bridgehead atoms. The highest BCUT2D eigenvalue weighted by molar-refractivity contribution is 7.16. The molecule has 1 amide bonds. The standard InChI is InChI=1S/C17H12F2N2OS2/c1-2-7-21-16-13(19)9-11(18)10-14(16)24-17(21)20-15(22)6-5-12-4-3-8-23-12/h2-6,8-10H,1,7H2/b6-5+,20-17?. The monoisotopic (exact) mass is 362 g/mol. The Kier molecular flexibility index (Phi) is 4.82. The zero-order chi connectivity index (χ0) is 17.1. The van der Waals surface area contributed by atoms with Crippen LogP contribution in [0.4, 0.5) is 8.78 Å². The first-order valence-electron chi connectivity index (χ1n) is 6.98. The van der Waals surface area contributed by atoms with Crippen LogP contribution >= 0.6 is 22.7 Å². The van der Waals surface area contributed by atoms with Crippen molar-refractivity contribution in [2.45, 2.75) is 6.54 Å². The summed E-state index contributed by atoms with van der Waals surface area (Å²) in [6, 6.07) is 5.81. The zero-order valence-corrected chi connectivity index (χ0v) is 14.0. The first-order valence-corrected chi connectivity index (χ1v) is 8.67. The van der Waals surface area contributed by atoms with E-state index < -0.39 is 17.5 Å². The van der Waals surface area contributed by atoms with Gasteiger partial charge >= 0.3 is 0 Å². The number of carbonyl (C=O) groups is 1. The lowest BCUT2D eigenvalue weighted by Crippen LogP contribution is -2.16. The highest BCUT2D eigenvalue weighted by Crippen LogP contribution is 2.22. The Hall–Kier alpha value is -2.38. The van der Waals surface area contributed by atoms with Crippen molar-refractivity contribution in [3.05, 3.63) is 69.7 Å². The second kappa shape index (κ2) is 7.02. The number of hydrogen-bond donors (Lipinski definition) is 0. The molecule has 0 spiro atoms. The van der Waals surface area contributed by atoms with Crippen LogP contribution in [-0.4, -0.2) is 10.5 Å². The minimum atomic E-state index is -0.689. The number of rotatable bonds is 4. The number of benzene rings is 1. The lowest BCUT2D eigenvalue weighted by Gasteiger charge is -2.01. The van der Waals surface area contributed by atoms with Crippen molar-refractivity contribution >= 4 is 44.9 Å². The number of fused-ring (bicyclic) bond motifs is 1. The lowest BCUT2D eigenvalue weighted by molar-refractivity contribution is -0.113. The summed E-state index contributed by atoms with van der Waals surface area (Å²) in [5.41, 5.74) is 0.218. The van der Waals surface area contributed by atoms with Crippen molar-refractivity contribution in [2.75, 3.05) is 0 Å². The van der Waals surface area contributed by atoms with Crippen molar-refractivity contribution in [2.24, 2.45) is 4.99 Å². The van der Waals surface area contributed by atoms with Crippen molar-refractivity contribution < 1.29 is 13.6 Å². The van der Waals surface area contributed by atoms with Gasteiger partial charge in [-0.3, -0.25) is 4.79 Å². The van der Waals surface area contributed by atoms with E-state index in [1.54, 1.807) is 12.2 Å². The van der Waals surface area contributed by atoms with Gasteiger partial charge in [-0.05, 0) is 23.6 Å². The first-order chi connectivity index (χ1) is 11.6. The van der Waals surface area contributed by atoms with Crippen molar-refractivity contribution in [3.63, 3.8) is 0 Å². The molecule has 3 rings (SSSR count). The fourth-order valence-electron chi connectivity index (χ4n) is 2.18. The van der Waals surface area contributed by atoms with Crippen molar-refractivity contribution in [1.82, 2.24) is 4.57 Å². The van der Waals surface area contributed by atoms with Gasteiger partial charge in [-0.15, -0.1) is 17.9 Å². The van der Waals surface area contributed by atoms with Crippen LogP contribution in [0.2, 0.25) is 0 Å². The SMILES string of the molecule is C=CCn1c(=NC(=O)/C=C/c2cccs2)sc2cc(F)cc(F)c21. The lowest BCUT2D eigenvalue weighted by atomic mass is 10.3. The van der Waals surface area contributed by atoms with Gasteiger partial charge in [0.05, 0.1) is 10.2 Å². The zero-order valence-electron chi connectivity index (χ0n) is 12.4. The van der Waals surface area contributed by atoms with Crippen LogP contribution in [-0.2, 0) is 11.3 Å². The van der Waals surface area contributed by atoms with Gasteiger partial charge < -0.3 is 4.57 Å². The Morgan fingerprint density at radius 3 is 2.92 bits per heavy atom. The molecule has 3 aromatic rings. The number of carbonyl (C=O) groups excluding carboxylic acids is 1. The second-order valence-electron chi connectivity index (χ2n) is 4.82. The number of amides is 1. The van der Waals surface area contributed by atoms with Crippen molar-refractivity contribution in [1.29, 1.82) is 0 Å². The molecule has 0 fully saturated rings. The fraction of sp³-hybridized carbons (Fsp3) is 0.0588. The predicted molar refractivity (Wildman–Crippen MR) is 93.9 cm³/mol. The van der Waals surface area contributed by atoms with E-state index in [0.29, 0.717) is 9.50 Å². The molecule has 3 nitrogen and oxygen atoms in total. The minimum absolute atomic E-state index is 0.218. The first kappa shape index (κ1) is 16.5. The third-order valence-corrected chi connectivity index (χ3v) is 5.01. The molecule has 0 atom stereocenters. The third-order valence-electron chi connectivity index (χ3n) is 3.15. The van der Waals surface area contributed by atoms with Crippen LogP contribution in [0.5, 0.6) is 0 Å². The van der Waals surface area contributed by atoms with E-state index in [1.807, 2.05) is 17.5 Å². The van der Waals surface area contributed by atoms with Crippen LogP contribution in [0.25, 0.3) is 16.3 Å². The number of nitrogens with zero attached hydrogens (tertiary/aromatic N) is 2. The average molecular weight is 362 g/mol. The molecule has 2 aromatic heterocycles. The summed E-state index contributed by atoms with van der Waals surface area (Å²) in [6.45, 7) is 3.90. The number of aromatic nitrogens is 1. The van der Waals surface area contributed by atoms with E-state index in [-0.39, 0.29) is 12.1 Å². The van der Waals surface area contributed by atoms with E-state index in [0.717, 1.165) is 22.3 Å². The number of halogens is 2. The van der Waals surface area contributed by atoms with E-state index in [2.05, 4.69) is 11.6 Å². The summed E-state index contributed by atoms with van der Waals surface area (Å²) in [5.74, 6) is -1.82. The Labute approximate surface area is 144 Å². The summed E-state index contributed by atoms with van der Waals surface area (Å²) >= 11 is 2.56. The van der Waals surface area contributed by atoms with Gasteiger partial charge in [0.1, 0.15) is 5.82 Å². The Morgan fingerprint density at radius 2 is 2.21 bits per heavy atom. The molecule has 0 aliphatic heterocycles. The van der Waals surface area contributed by atoms with Gasteiger partial charge in [0.2, 0.25) is 0 Å². The van der Waals surface area contributed by atoms with Gasteiger partial charge in [0.15, 0.2) is 10.6 Å². The molecule has 0 unspecified atom stereocenters. The normalized spacial score (nSPS) is 12.3. The number of hydrogen-bond acceptors (Lipinski definition) is 3. The predicted octanol–water partition coefficient (Wildman–Crippen LogP) is 4.37. The van der Waals surface area contributed by atoms with E-state index in [1.165, 1.54) is 28.0 Å². The summed E-state index contributed by atoms with van der Waals surface area (Å²) in [6.07, 6.45) is 4.59. The highest BCUT2D eigenvalue weighted by Gasteiger charge is 2.12. The number of thiophene rings is 1. The molecular weight excluding hydrogens is 350 g/mol. The molecule has 2 heterocycles. The van der Waals surface area contributed by atoms with E-state index >= 15 is 0 Å². The van der Waals surface area contributed by atoms with E-state index in [4.69, 9.17) is 0 Å². The molecule has 0 aliphatic carbocycles. The molecular formula is C17H12F2N2OS2. The average Bonchev–Trinajstić information content (AvgIpc) is 3.14. The largest absolute Gasteiger partial charge is 0.310 e. The maximum absolute atomic E-state index is 14.1. The number of allylic oxidation sites excluding steroid dienone is 1. The van der Waals surface area contributed by atoms with Gasteiger partial charge in [-0.1, -0.05) is 23.5 Å². The van der Waals surface area contributed by atoms with Gasteiger partial charge in [0, 0.05) is 23.6 Å². The molecule has 0 saturated heterocycles. The maximum atomic E-state index is 14.1. The maximum Gasteiger partial charge on any atom is 0.272 e. The van der Waals surface area contributed by atoms with E-state index in [9.17, 15) is 13.6 Å². The fourth-order valence-corrected chi connectivity index (χ4v) is 3.89. The number of thiazole rings is 1. The summed E-state index contributed by atoms with van der Waals surface area (Å²) < 4.78 is 29.4. The molecule has 0 aliphatic rings. The Bertz CT molecular complexity index is 998. The highest BCUT2D eigenvalue weighted by atomic mass is 32.1. The summed E-state index contributed by atoms with van der Waals surface area (Å²) in [4.78, 5) is 17.3. The molecule has 122 valence electrons. The van der Waals surface area contributed by atoms with Crippen molar-refractivity contribution in [3.8, 4) is 0 Å². The molecule has 1 aromatic carbocycles. The smallest absolute Gasteiger partial charge is 0.272 e. The Morgan fingerprint density at radius 1 is 1.38 bits per heavy atom. The molecule has 0 N–H and O–H groups in total. The molecule has 7 heteroatoms. The van der Waals surface area contributed by atoms with Crippen LogP contribution in [0.1, 0.15) is 4.88 Å². The van der Waals surface area contributed by atoms with Crippen LogP contribution in [0, 0.1) is 11.6 Å². The molecule has 0 radical (unpaired) electrons. The Balaban J connectivity index is 2.07. The van der Waals surface area contributed by atoms with Gasteiger partial charge in [-0.2, -0.15) is 4.99 Å². The second-order valence-corrected chi connectivity index (χ2v) is 6.81. The molecule has 0 saturated carbocycles. The van der Waals surface area contributed by atoms with Gasteiger partial charge in [-0.25, -0.2) is 8.78 Å². The quantitative estimate of drug-likeness (QED) is 0.501.